The first-order valence-corrected chi connectivity index (χ1v) is 10.3. The van der Waals surface area contributed by atoms with Gasteiger partial charge < -0.3 is 15.4 Å². The van der Waals surface area contributed by atoms with Crippen molar-refractivity contribution < 1.29 is 14.3 Å². The zero-order chi connectivity index (χ0) is 21.3. The summed E-state index contributed by atoms with van der Waals surface area (Å²) in [5.41, 5.74) is 1.79. The Bertz CT molecular complexity index is 994. The summed E-state index contributed by atoms with van der Waals surface area (Å²) in [6.07, 6.45) is 3.38. The molecule has 0 bridgehead atoms. The number of methoxy groups -OCH3 is 1. The van der Waals surface area contributed by atoms with Crippen molar-refractivity contribution in [2.45, 2.75) is 23.6 Å². The van der Waals surface area contributed by atoms with Crippen molar-refractivity contribution in [1.82, 2.24) is 10.3 Å². The highest BCUT2D eigenvalue weighted by atomic mass is 32.2. The van der Waals surface area contributed by atoms with E-state index in [4.69, 9.17) is 4.74 Å². The Labute approximate surface area is 180 Å². The molecule has 0 aliphatic rings. The maximum absolute atomic E-state index is 12.7. The third kappa shape index (κ3) is 5.84. The van der Waals surface area contributed by atoms with Crippen molar-refractivity contribution in [2.75, 3.05) is 12.4 Å². The maximum atomic E-state index is 12.7. The number of thioether (sulfide) groups is 1. The van der Waals surface area contributed by atoms with Crippen LogP contribution in [0.4, 0.5) is 5.69 Å². The molecule has 154 valence electrons. The molecule has 0 saturated carbocycles. The summed E-state index contributed by atoms with van der Waals surface area (Å²) < 4.78 is 5.15. The van der Waals surface area contributed by atoms with Crippen LogP contribution in [0.3, 0.4) is 0 Å². The van der Waals surface area contributed by atoms with Crippen molar-refractivity contribution >= 4 is 29.3 Å². The molecule has 0 aliphatic carbocycles. The second-order valence-corrected chi connectivity index (χ2v) is 7.93. The Morgan fingerprint density at radius 3 is 2.53 bits per heavy atom. The number of carbonyl (C=O) groups excluding carboxylic acids is 2. The average molecular weight is 422 g/mol. The van der Waals surface area contributed by atoms with E-state index in [1.807, 2.05) is 43.3 Å². The highest BCUT2D eigenvalue weighted by Gasteiger charge is 2.18. The molecule has 0 saturated heterocycles. The van der Waals surface area contributed by atoms with Crippen molar-refractivity contribution in [3.63, 3.8) is 0 Å². The van der Waals surface area contributed by atoms with Crippen LogP contribution in [-0.2, 0) is 11.3 Å². The number of aromatic nitrogens is 1. The molecule has 2 N–H and O–H groups in total. The van der Waals surface area contributed by atoms with Gasteiger partial charge in [0.1, 0.15) is 5.75 Å². The summed E-state index contributed by atoms with van der Waals surface area (Å²) in [7, 11) is 1.61. The van der Waals surface area contributed by atoms with E-state index in [2.05, 4.69) is 15.6 Å². The molecule has 7 heteroatoms. The lowest BCUT2D eigenvalue weighted by atomic mass is 10.1. The van der Waals surface area contributed by atoms with Gasteiger partial charge in [-0.05, 0) is 55.0 Å². The Morgan fingerprint density at radius 1 is 1.07 bits per heavy atom. The van der Waals surface area contributed by atoms with Crippen molar-refractivity contribution in [3.8, 4) is 5.75 Å². The largest absolute Gasteiger partial charge is 0.497 e. The number of nitrogens with one attached hydrogen (secondary N) is 2. The highest BCUT2D eigenvalue weighted by molar-refractivity contribution is 8.00. The summed E-state index contributed by atoms with van der Waals surface area (Å²) in [4.78, 5) is 30.3. The van der Waals surface area contributed by atoms with Crippen LogP contribution in [-0.4, -0.2) is 29.2 Å². The van der Waals surface area contributed by atoms with E-state index in [0.717, 1.165) is 16.2 Å². The number of pyridine rings is 1. The van der Waals surface area contributed by atoms with E-state index < -0.39 is 0 Å². The molecule has 0 aliphatic heterocycles. The molecule has 3 rings (SSSR count). The van der Waals surface area contributed by atoms with Gasteiger partial charge in [-0.2, -0.15) is 0 Å². The fourth-order valence-corrected chi connectivity index (χ4v) is 3.58. The van der Waals surface area contributed by atoms with Crippen molar-refractivity contribution in [1.29, 1.82) is 0 Å². The first-order valence-electron chi connectivity index (χ1n) is 9.44. The van der Waals surface area contributed by atoms with Crippen LogP contribution < -0.4 is 15.4 Å². The van der Waals surface area contributed by atoms with Gasteiger partial charge >= 0.3 is 0 Å². The van der Waals surface area contributed by atoms with E-state index in [-0.39, 0.29) is 17.1 Å². The first kappa shape index (κ1) is 21.4. The van der Waals surface area contributed by atoms with Gasteiger partial charge in [0.25, 0.3) is 5.91 Å². The number of anilines is 1. The number of nitrogens with zero attached hydrogens (tertiary/aromatic N) is 1. The molecular weight excluding hydrogens is 398 g/mol. The minimum Gasteiger partial charge on any atom is -0.497 e. The summed E-state index contributed by atoms with van der Waals surface area (Å²) in [5, 5.41) is 5.39. The molecule has 1 heterocycles. The zero-order valence-corrected chi connectivity index (χ0v) is 17.6. The van der Waals surface area contributed by atoms with Gasteiger partial charge in [-0.1, -0.05) is 18.2 Å². The topological polar surface area (TPSA) is 80.3 Å². The Balaban J connectivity index is 1.62. The molecule has 2 aromatic carbocycles. The summed E-state index contributed by atoms with van der Waals surface area (Å²) in [6.45, 7) is 2.19. The van der Waals surface area contributed by atoms with Crippen LogP contribution in [0, 0.1) is 0 Å². The van der Waals surface area contributed by atoms with Crippen molar-refractivity contribution in [3.05, 3.63) is 84.2 Å². The van der Waals surface area contributed by atoms with Crippen LogP contribution in [0.1, 0.15) is 22.8 Å². The van der Waals surface area contributed by atoms with Gasteiger partial charge in [-0.15, -0.1) is 11.8 Å². The molecule has 30 heavy (non-hydrogen) atoms. The number of rotatable bonds is 8. The standard InChI is InChI=1S/C23H23N3O3S/c1-16(30-19-11-9-18(29-2)10-12-19)22(27)26-21-8-4-3-7-20(21)23(28)25-15-17-6-5-13-24-14-17/h3-14,16H,15H2,1-2H3,(H,25,28)(H,26,27)/t16-/m0/s1. The first-order chi connectivity index (χ1) is 14.6. The number of ether oxygens (including phenoxy) is 1. The van der Waals surface area contributed by atoms with E-state index >= 15 is 0 Å². The molecule has 0 spiro atoms. The van der Waals surface area contributed by atoms with Crippen LogP contribution in [0.5, 0.6) is 5.75 Å². The monoisotopic (exact) mass is 421 g/mol. The van der Waals surface area contributed by atoms with E-state index in [0.29, 0.717) is 17.8 Å². The third-order valence-electron chi connectivity index (χ3n) is 4.35. The van der Waals surface area contributed by atoms with Gasteiger partial charge in [-0.3, -0.25) is 14.6 Å². The lowest BCUT2D eigenvalue weighted by Crippen LogP contribution is -2.27. The fourth-order valence-electron chi connectivity index (χ4n) is 2.72. The number of carbonyl (C=O) groups is 2. The predicted molar refractivity (Wildman–Crippen MR) is 119 cm³/mol. The molecule has 1 aromatic heterocycles. The average Bonchev–Trinajstić information content (AvgIpc) is 2.79. The van der Waals surface area contributed by atoms with Crippen LogP contribution in [0.15, 0.2) is 78.0 Å². The fraction of sp³-hybridized carbons (Fsp3) is 0.174. The molecule has 6 nitrogen and oxygen atoms in total. The van der Waals surface area contributed by atoms with Crippen molar-refractivity contribution in [2.24, 2.45) is 0 Å². The van der Waals surface area contributed by atoms with Gasteiger partial charge in [0.2, 0.25) is 5.91 Å². The van der Waals surface area contributed by atoms with E-state index in [9.17, 15) is 9.59 Å². The smallest absolute Gasteiger partial charge is 0.253 e. The maximum Gasteiger partial charge on any atom is 0.253 e. The zero-order valence-electron chi connectivity index (χ0n) is 16.8. The van der Waals surface area contributed by atoms with Crippen LogP contribution in [0.25, 0.3) is 0 Å². The minimum atomic E-state index is -0.343. The predicted octanol–water partition coefficient (Wildman–Crippen LogP) is 4.14. The lowest BCUT2D eigenvalue weighted by molar-refractivity contribution is -0.115. The highest BCUT2D eigenvalue weighted by Crippen LogP contribution is 2.26. The molecule has 0 radical (unpaired) electrons. The van der Waals surface area contributed by atoms with Gasteiger partial charge in [-0.25, -0.2) is 0 Å². The number of para-hydroxylation sites is 1. The SMILES string of the molecule is COc1ccc(S[C@@H](C)C(=O)Nc2ccccc2C(=O)NCc2cccnc2)cc1. The van der Waals surface area contributed by atoms with E-state index in [1.165, 1.54) is 11.8 Å². The second-order valence-electron chi connectivity index (χ2n) is 6.51. The Kier molecular flexibility index (Phi) is 7.45. The summed E-state index contributed by atoms with van der Waals surface area (Å²) in [5.74, 6) is 0.330. The molecule has 3 aromatic rings. The Hall–Kier alpha value is -3.32. The van der Waals surface area contributed by atoms with Gasteiger partial charge in [0.05, 0.1) is 23.6 Å². The van der Waals surface area contributed by atoms with Gasteiger partial charge in [0, 0.05) is 23.8 Å². The number of benzene rings is 2. The molecule has 1 atom stereocenters. The van der Waals surface area contributed by atoms with Crippen LogP contribution >= 0.6 is 11.8 Å². The lowest BCUT2D eigenvalue weighted by Gasteiger charge is -2.15. The molecule has 2 amide bonds. The third-order valence-corrected chi connectivity index (χ3v) is 5.46. The number of hydrogen-bond donors (Lipinski definition) is 2. The second kappa shape index (κ2) is 10.5. The van der Waals surface area contributed by atoms with E-state index in [1.54, 1.807) is 43.8 Å². The molecule has 0 fully saturated rings. The normalized spacial score (nSPS) is 11.4. The quantitative estimate of drug-likeness (QED) is 0.535. The van der Waals surface area contributed by atoms with Crippen LogP contribution in [0.2, 0.25) is 0 Å². The Morgan fingerprint density at radius 2 is 1.83 bits per heavy atom. The number of amides is 2. The molecule has 0 unspecified atom stereocenters. The van der Waals surface area contributed by atoms with Gasteiger partial charge in [0.15, 0.2) is 0 Å². The minimum absolute atomic E-state index is 0.177. The number of hydrogen-bond acceptors (Lipinski definition) is 5. The summed E-state index contributed by atoms with van der Waals surface area (Å²) >= 11 is 1.44. The summed E-state index contributed by atoms with van der Waals surface area (Å²) in [6, 6.07) is 18.2. The molecular formula is C23H23N3O3S.